The summed E-state index contributed by atoms with van der Waals surface area (Å²) in [5, 5.41) is 24.6. The summed E-state index contributed by atoms with van der Waals surface area (Å²) in [7, 11) is 0. The molecule has 0 rings (SSSR count). The molecule has 0 radical (unpaired) electrons. The third-order valence-corrected chi connectivity index (χ3v) is 3.52. The van der Waals surface area contributed by atoms with Crippen LogP contribution in [0.15, 0.2) is 0 Å². The van der Waals surface area contributed by atoms with Crippen LogP contribution >= 0.6 is 0 Å². The maximum Gasteiger partial charge on any atom is 0.317 e. The highest BCUT2D eigenvalue weighted by Gasteiger charge is 2.07. The second-order valence-corrected chi connectivity index (χ2v) is 6.74. The van der Waals surface area contributed by atoms with E-state index in [2.05, 4.69) is 13.8 Å². The van der Waals surface area contributed by atoms with E-state index in [0.29, 0.717) is 19.4 Å². The lowest BCUT2D eigenvalue weighted by molar-refractivity contribution is -0.151. The van der Waals surface area contributed by atoms with Crippen molar-refractivity contribution in [2.75, 3.05) is 6.61 Å². The van der Waals surface area contributed by atoms with Gasteiger partial charge in [-0.15, -0.1) is 0 Å². The number of carbonyl (C=O) groups excluding carboxylic acids is 1. The zero-order valence-corrected chi connectivity index (χ0v) is 16.4. The fourth-order valence-electron chi connectivity index (χ4n) is 2.10. The van der Waals surface area contributed by atoms with Crippen molar-refractivity contribution < 1.29 is 39.2 Å². The van der Waals surface area contributed by atoms with E-state index >= 15 is 0 Å². The SMILES string of the molecule is CC(C)CCCCCCCOC(=O)CC(=O)O.O=C(O)CCCCC(=O)O. The summed E-state index contributed by atoms with van der Waals surface area (Å²) in [6, 6.07) is 0. The van der Waals surface area contributed by atoms with Crippen LogP contribution in [0, 0.1) is 5.92 Å². The molecule has 0 atom stereocenters. The molecule has 0 unspecified atom stereocenters. The molecule has 0 aliphatic heterocycles. The highest BCUT2D eigenvalue weighted by molar-refractivity contribution is 5.90. The molecular weight excluding hydrogens is 356 g/mol. The Morgan fingerprint density at radius 1 is 0.704 bits per heavy atom. The van der Waals surface area contributed by atoms with Crippen molar-refractivity contribution in [1.82, 2.24) is 0 Å². The Labute approximate surface area is 160 Å². The third-order valence-electron chi connectivity index (χ3n) is 3.52. The van der Waals surface area contributed by atoms with Gasteiger partial charge in [-0.05, 0) is 25.2 Å². The lowest BCUT2D eigenvalue weighted by Crippen LogP contribution is -2.11. The molecule has 0 aromatic heterocycles. The molecule has 0 aliphatic carbocycles. The predicted octanol–water partition coefficient (Wildman–Crippen LogP) is 3.72. The van der Waals surface area contributed by atoms with Crippen LogP contribution in [0.1, 0.15) is 84.5 Å². The Balaban J connectivity index is 0. The van der Waals surface area contributed by atoms with E-state index in [1.165, 1.54) is 19.3 Å². The van der Waals surface area contributed by atoms with Gasteiger partial charge in [0.2, 0.25) is 0 Å². The summed E-state index contributed by atoms with van der Waals surface area (Å²) in [6.45, 7) is 4.79. The molecule has 8 heteroatoms. The molecule has 0 fully saturated rings. The molecule has 0 saturated carbocycles. The van der Waals surface area contributed by atoms with E-state index in [-0.39, 0.29) is 12.8 Å². The fourth-order valence-corrected chi connectivity index (χ4v) is 2.10. The highest BCUT2D eigenvalue weighted by Crippen LogP contribution is 2.10. The molecule has 0 spiro atoms. The molecule has 0 aromatic rings. The van der Waals surface area contributed by atoms with Gasteiger partial charge in [0.25, 0.3) is 0 Å². The van der Waals surface area contributed by atoms with Gasteiger partial charge in [0, 0.05) is 12.8 Å². The fraction of sp³-hybridized carbons (Fsp3) is 0.789. The van der Waals surface area contributed by atoms with Crippen molar-refractivity contribution in [2.24, 2.45) is 5.92 Å². The van der Waals surface area contributed by atoms with E-state index in [0.717, 1.165) is 25.2 Å². The Hall–Kier alpha value is -2.12. The number of carboxylic acids is 3. The smallest absolute Gasteiger partial charge is 0.317 e. The molecule has 0 aromatic carbocycles. The quantitative estimate of drug-likeness (QED) is 0.218. The largest absolute Gasteiger partial charge is 0.481 e. The van der Waals surface area contributed by atoms with Gasteiger partial charge in [-0.2, -0.15) is 0 Å². The molecule has 0 heterocycles. The van der Waals surface area contributed by atoms with Gasteiger partial charge in [0.05, 0.1) is 6.61 Å². The Morgan fingerprint density at radius 3 is 1.63 bits per heavy atom. The zero-order valence-electron chi connectivity index (χ0n) is 16.4. The normalized spacial score (nSPS) is 10.0. The average Bonchev–Trinajstić information content (AvgIpc) is 2.53. The maximum absolute atomic E-state index is 10.9. The van der Waals surface area contributed by atoms with Gasteiger partial charge in [0.15, 0.2) is 0 Å². The summed E-state index contributed by atoms with van der Waals surface area (Å²) in [5.74, 6) is -2.75. The number of carboxylic acid groups (broad SMARTS) is 3. The number of rotatable bonds is 15. The molecule has 0 aliphatic rings. The van der Waals surface area contributed by atoms with E-state index in [1.54, 1.807) is 0 Å². The molecule has 8 nitrogen and oxygen atoms in total. The van der Waals surface area contributed by atoms with Gasteiger partial charge in [0.1, 0.15) is 6.42 Å². The highest BCUT2D eigenvalue weighted by atomic mass is 16.5. The van der Waals surface area contributed by atoms with Crippen molar-refractivity contribution in [3.63, 3.8) is 0 Å². The first-order valence-corrected chi connectivity index (χ1v) is 9.46. The van der Waals surface area contributed by atoms with E-state index < -0.39 is 30.3 Å². The number of carbonyl (C=O) groups is 4. The van der Waals surface area contributed by atoms with Crippen LogP contribution in [0.5, 0.6) is 0 Å². The second kappa shape index (κ2) is 18.7. The van der Waals surface area contributed by atoms with Crippen molar-refractivity contribution in [3.05, 3.63) is 0 Å². The van der Waals surface area contributed by atoms with Crippen molar-refractivity contribution in [1.29, 1.82) is 0 Å². The number of hydrogen-bond acceptors (Lipinski definition) is 5. The van der Waals surface area contributed by atoms with Gasteiger partial charge >= 0.3 is 23.9 Å². The summed E-state index contributed by atoms with van der Waals surface area (Å²) in [5.41, 5.74) is 0. The topological polar surface area (TPSA) is 138 Å². The molecule has 0 amide bonds. The van der Waals surface area contributed by atoms with Gasteiger partial charge in [-0.25, -0.2) is 0 Å². The van der Waals surface area contributed by atoms with E-state index in [9.17, 15) is 19.2 Å². The van der Waals surface area contributed by atoms with Crippen LogP contribution in [0.3, 0.4) is 0 Å². The number of aliphatic carboxylic acids is 3. The van der Waals surface area contributed by atoms with Crippen LogP contribution in [-0.4, -0.2) is 45.8 Å². The third kappa shape index (κ3) is 28.9. The van der Waals surface area contributed by atoms with Crippen LogP contribution in [0.4, 0.5) is 0 Å². The van der Waals surface area contributed by atoms with Crippen LogP contribution in [-0.2, 0) is 23.9 Å². The van der Waals surface area contributed by atoms with Gasteiger partial charge < -0.3 is 20.1 Å². The summed E-state index contributed by atoms with van der Waals surface area (Å²) < 4.78 is 4.78. The first-order valence-electron chi connectivity index (χ1n) is 9.46. The van der Waals surface area contributed by atoms with Crippen LogP contribution in [0.2, 0.25) is 0 Å². The lowest BCUT2D eigenvalue weighted by atomic mass is 10.0. The first kappa shape index (κ1) is 27.1. The molecule has 0 saturated heterocycles. The number of hydrogen-bond donors (Lipinski definition) is 3. The minimum atomic E-state index is -1.14. The minimum absolute atomic E-state index is 0.0628. The molecule has 0 bridgehead atoms. The first-order chi connectivity index (χ1) is 12.6. The number of unbranched alkanes of at least 4 members (excludes halogenated alkanes) is 5. The zero-order chi connectivity index (χ0) is 21.1. The number of ether oxygens (including phenoxy) is 1. The monoisotopic (exact) mass is 390 g/mol. The minimum Gasteiger partial charge on any atom is -0.481 e. The summed E-state index contributed by atoms with van der Waals surface area (Å²) >= 11 is 0. The average molecular weight is 390 g/mol. The molecule has 27 heavy (non-hydrogen) atoms. The van der Waals surface area contributed by atoms with Crippen molar-refractivity contribution >= 4 is 23.9 Å². The Morgan fingerprint density at radius 2 is 1.19 bits per heavy atom. The molecule has 3 N–H and O–H groups in total. The van der Waals surface area contributed by atoms with Gasteiger partial charge in [-0.1, -0.05) is 46.0 Å². The Kier molecular flexibility index (Phi) is 18.7. The summed E-state index contributed by atoms with van der Waals surface area (Å²) in [4.78, 5) is 40.8. The lowest BCUT2D eigenvalue weighted by Gasteiger charge is -2.05. The Bertz CT molecular complexity index is 415. The van der Waals surface area contributed by atoms with E-state index in [1.807, 2.05) is 0 Å². The van der Waals surface area contributed by atoms with Gasteiger partial charge in [-0.3, -0.25) is 19.2 Å². The van der Waals surface area contributed by atoms with E-state index in [4.69, 9.17) is 20.1 Å². The van der Waals surface area contributed by atoms with Crippen molar-refractivity contribution in [3.8, 4) is 0 Å². The van der Waals surface area contributed by atoms with Crippen molar-refractivity contribution in [2.45, 2.75) is 84.5 Å². The number of esters is 1. The maximum atomic E-state index is 10.9. The second-order valence-electron chi connectivity index (χ2n) is 6.74. The summed E-state index contributed by atoms with van der Waals surface area (Å²) in [6.07, 6.45) is 7.26. The molecular formula is C19H34O8. The van der Waals surface area contributed by atoms with Crippen LogP contribution < -0.4 is 0 Å². The standard InChI is InChI=1S/C13H24O4.C6H10O4/c1-11(2)8-6-4-3-5-7-9-17-13(16)10-12(14)15;7-5(8)3-1-2-4-6(9)10/h11H,3-10H2,1-2H3,(H,14,15);1-4H2,(H,7,8)(H,9,10). The molecule has 158 valence electrons. The predicted molar refractivity (Wildman–Crippen MR) is 99.5 cm³/mol. The van der Waals surface area contributed by atoms with Crippen LogP contribution in [0.25, 0.3) is 0 Å².